The monoisotopic (exact) mass is 227 g/mol. The van der Waals surface area contributed by atoms with Crippen LogP contribution in [0.4, 0.5) is 5.95 Å². The van der Waals surface area contributed by atoms with Crippen LogP contribution in [0, 0.1) is 11.7 Å². The van der Waals surface area contributed by atoms with Crippen molar-refractivity contribution in [1.82, 2.24) is 19.7 Å². The Labute approximate surface area is 89.6 Å². The number of H-pyrrole nitrogens is 1. The lowest BCUT2D eigenvalue weighted by atomic mass is 10.5. The summed E-state index contributed by atoms with van der Waals surface area (Å²) in [5, 5.41) is 9.47. The number of hydrogen-bond donors (Lipinski definition) is 2. The van der Waals surface area contributed by atoms with Gasteiger partial charge in [-0.2, -0.15) is 0 Å². The van der Waals surface area contributed by atoms with E-state index in [1.165, 1.54) is 0 Å². The smallest absolute Gasteiger partial charge is 0.220 e. The first-order chi connectivity index (χ1) is 6.66. The highest BCUT2D eigenvalue weighted by atomic mass is 32.1. The van der Waals surface area contributed by atoms with Gasteiger partial charge in [0, 0.05) is 5.38 Å². The minimum atomic E-state index is 0.389. The molecule has 0 bridgehead atoms. The minimum absolute atomic E-state index is 0.389. The maximum atomic E-state index is 5.63. The average molecular weight is 227 g/mol. The van der Waals surface area contributed by atoms with Crippen LogP contribution < -0.4 is 5.73 Å². The van der Waals surface area contributed by atoms with Gasteiger partial charge in [0.05, 0.1) is 17.2 Å². The Morgan fingerprint density at radius 2 is 2.50 bits per heavy atom. The van der Waals surface area contributed by atoms with Crippen molar-refractivity contribution in [2.75, 3.05) is 5.73 Å². The summed E-state index contributed by atoms with van der Waals surface area (Å²) in [5.74, 6) is 0.389. The summed E-state index contributed by atoms with van der Waals surface area (Å²) in [6.45, 7) is 2.54. The molecule has 14 heavy (non-hydrogen) atoms. The van der Waals surface area contributed by atoms with Crippen molar-refractivity contribution in [3.63, 3.8) is 0 Å². The Morgan fingerprint density at radius 1 is 1.71 bits per heavy atom. The van der Waals surface area contributed by atoms with Crippen molar-refractivity contribution in [3.05, 3.63) is 20.9 Å². The molecule has 0 aliphatic carbocycles. The lowest BCUT2D eigenvalue weighted by molar-refractivity contribution is 0.773. The summed E-state index contributed by atoms with van der Waals surface area (Å²) in [6.07, 6.45) is 0. The largest absolute Gasteiger partial charge is 0.368 e. The van der Waals surface area contributed by atoms with E-state index < -0.39 is 0 Å². The van der Waals surface area contributed by atoms with Crippen molar-refractivity contribution in [2.45, 2.75) is 13.5 Å². The number of nitrogens with two attached hydrogens (primary N) is 1. The molecule has 3 N–H and O–H groups in total. The van der Waals surface area contributed by atoms with Crippen LogP contribution >= 0.6 is 23.6 Å². The van der Waals surface area contributed by atoms with E-state index in [1.807, 2.05) is 12.3 Å². The number of rotatable bonds is 2. The van der Waals surface area contributed by atoms with Crippen molar-refractivity contribution in [1.29, 1.82) is 0 Å². The molecule has 7 heteroatoms. The molecule has 0 amide bonds. The van der Waals surface area contributed by atoms with Crippen LogP contribution in [0.25, 0.3) is 0 Å². The Morgan fingerprint density at radius 3 is 3.00 bits per heavy atom. The molecule has 2 aromatic heterocycles. The van der Waals surface area contributed by atoms with Gasteiger partial charge >= 0.3 is 0 Å². The molecule has 74 valence electrons. The molecule has 0 aliphatic heterocycles. The van der Waals surface area contributed by atoms with Crippen LogP contribution in [0.3, 0.4) is 0 Å². The summed E-state index contributed by atoms with van der Waals surface area (Å²) in [7, 11) is 0. The maximum Gasteiger partial charge on any atom is 0.220 e. The first kappa shape index (κ1) is 9.35. The second-order valence-corrected chi connectivity index (χ2v) is 4.28. The molecule has 0 radical (unpaired) electrons. The summed E-state index contributed by atoms with van der Waals surface area (Å²) >= 11 is 6.63. The molecular weight excluding hydrogens is 218 g/mol. The van der Waals surface area contributed by atoms with Gasteiger partial charge in [-0.25, -0.2) is 10.1 Å². The zero-order chi connectivity index (χ0) is 10.1. The normalized spacial score (nSPS) is 10.6. The van der Waals surface area contributed by atoms with Crippen molar-refractivity contribution >= 4 is 29.5 Å². The quantitative estimate of drug-likeness (QED) is 0.759. The molecule has 0 aliphatic rings. The van der Waals surface area contributed by atoms with E-state index in [-0.39, 0.29) is 0 Å². The molecule has 5 nitrogen and oxygen atoms in total. The van der Waals surface area contributed by atoms with Gasteiger partial charge in [-0.3, -0.25) is 4.57 Å². The van der Waals surface area contributed by atoms with Gasteiger partial charge in [-0.05, 0) is 19.1 Å². The Balaban J connectivity index is 2.31. The molecule has 2 aromatic rings. The van der Waals surface area contributed by atoms with Crippen molar-refractivity contribution < 1.29 is 0 Å². The van der Waals surface area contributed by atoms with Gasteiger partial charge in [0.1, 0.15) is 0 Å². The summed E-state index contributed by atoms with van der Waals surface area (Å²) in [4.78, 5) is 4.32. The fourth-order valence-electron chi connectivity index (χ4n) is 1.13. The Bertz CT molecular complexity index is 494. The summed E-state index contributed by atoms with van der Waals surface area (Å²) in [6, 6.07) is 0. The fourth-order valence-corrected chi connectivity index (χ4v) is 1.93. The van der Waals surface area contributed by atoms with Gasteiger partial charge in [0.25, 0.3) is 0 Å². The van der Waals surface area contributed by atoms with Gasteiger partial charge in [-0.15, -0.1) is 16.4 Å². The number of aromatic nitrogens is 4. The first-order valence-electron chi connectivity index (χ1n) is 3.98. The van der Waals surface area contributed by atoms with Crippen LogP contribution in [0.5, 0.6) is 0 Å². The molecule has 2 heterocycles. The number of nitrogens with zero attached hydrogens (tertiary/aromatic N) is 3. The lowest BCUT2D eigenvalue weighted by Crippen LogP contribution is -2.04. The number of anilines is 1. The van der Waals surface area contributed by atoms with E-state index in [4.69, 9.17) is 18.0 Å². The molecule has 0 saturated heterocycles. The highest BCUT2D eigenvalue weighted by Crippen LogP contribution is 2.11. The molecule has 0 fully saturated rings. The molecule has 2 rings (SSSR count). The predicted octanol–water partition coefficient (Wildman–Crippen LogP) is 1.34. The lowest BCUT2D eigenvalue weighted by Gasteiger charge is -1.99. The third-order valence-corrected chi connectivity index (χ3v) is 2.91. The van der Waals surface area contributed by atoms with Gasteiger partial charge in [-0.1, -0.05) is 0 Å². The van der Waals surface area contributed by atoms with E-state index in [2.05, 4.69) is 15.2 Å². The predicted molar refractivity (Wildman–Crippen MR) is 57.8 cm³/mol. The van der Waals surface area contributed by atoms with E-state index in [0.29, 0.717) is 17.3 Å². The van der Waals surface area contributed by atoms with Crippen molar-refractivity contribution in [3.8, 4) is 0 Å². The van der Waals surface area contributed by atoms with E-state index in [9.17, 15) is 0 Å². The zero-order valence-corrected chi connectivity index (χ0v) is 9.15. The minimum Gasteiger partial charge on any atom is -0.368 e. The highest BCUT2D eigenvalue weighted by molar-refractivity contribution is 7.71. The zero-order valence-electron chi connectivity index (χ0n) is 7.52. The van der Waals surface area contributed by atoms with Crippen LogP contribution in [0.15, 0.2) is 5.38 Å². The summed E-state index contributed by atoms with van der Waals surface area (Å²) in [5.41, 5.74) is 6.58. The second-order valence-electron chi connectivity index (χ2n) is 2.83. The standard InChI is InChI=1S/C7H9N5S2/c1-4-9-5(3-14-4)2-12-6(8)10-11-7(12)13/h3H,2H2,1H3,(H2,8,10)(H,11,13). The molecule has 0 spiro atoms. The maximum absolute atomic E-state index is 5.63. The highest BCUT2D eigenvalue weighted by Gasteiger charge is 2.04. The third-order valence-electron chi connectivity index (χ3n) is 1.77. The van der Waals surface area contributed by atoms with E-state index in [0.717, 1.165) is 10.7 Å². The Hall–Kier alpha value is -1.21. The first-order valence-corrected chi connectivity index (χ1v) is 5.27. The molecule has 0 saturated carbocycles. The van der Waals surface area contributed by atoms with E-state index in [1.54, 1.807) is 15.9 Å². The number of nitrogen functional groups attached to an aromatic ring is 1. The van der Waals surface area contributed by atoms with Gasteiger partial charge in [0.15, 0.2) is 4.77 Å². The van der Waals surface area contributed by atoms with Gasteiger partial charge < -0.3 is 5.73 Å². The average Bonchev–Trinajstić information content (AvgIpc) is 2.67. The Kier molecular flexibility index (Phi) is 2.34. The number of nitrogens with one attached hydrogen (secondary N) is 1. The van der Waals surface area contributed by atoms with Crippen LogP contribution in [0.2, 0.25) is 0 Å². The van der Waals surface area contributed by atoms with Gasteiger partial charge in [0.2, 0.25) is 5.95 Å². The molecular formula is C7H9N5S2. The van der Waals surface area contributed by atoms with Crippen LogP contribution in [-0.2, 0) is 6.54 Å². The molecule has 0 atom stereocenters. The molecule has 0 aromatic carbocycles. The number of aromatic amines is 1. The number of thiazole rings is 1. The van der Waals surface area contributed by atoms with Crippen LogP contribution in [-0.4, -0.2) is 19.7 Å². The summed E-state index contributed by atoms with van der Waals surface area (Å²) < 4.78 is 2.23. The molecule has 0 unspecified atom stereocenters. The fraction of sp³-hybridized carbons (Fsp3) is 0.286. The number of aryl methyl sites for hydroxylation is 1. The SMILES string of the molecule is Cc1nc(Cn2c(N)n[nH]c2=S)cs1. The second kappa shape index (κ2) is 3.50. The number of hydrogen-bond acceptors (Lipinski definition) is 5. The van der Waals surface area contributed by atoms with Crippen LogP contribution in [0.1, 0.15) is 10.7 Å². The third kappa shape index (κ3) is 1.68. The topological polar surface area (TPSA) is 72.5 Å². The van der Waals surface area contributed by atoms with E-state index >= 15 is 0 Å². The van der Waals surface area contributed by atoms with Crippen molar-refractivity contribution in [2.24, 2.45) is 0 Å².